The molecule has 1 N–H and O–H groups in total. The van der Waals surface area contributed by atoms with E-state index in [4.69, 9.17) is 9.26 Å². The van der Waals surface area contributed by atoms with Crippen LogP contribution in [0.25, 0.3) is 0 Å². The van der Waals surface area contributed by atoms with Gasteiger partial charge in [0.2, 0.25) is 10.0 Å². The van der Waals surface area contributed by atoms with Gasteiger partial charge in [-0.15, -0.1) is 24.0 Å². The van der Waals surface area contributed by atoms with E-state index in [9.17, 15) is 8.42 Å². The molecular formula is C15H28IN5O4S. The lowest BCUT2D eigenvalue weighted by molar-refractivity contribution is 0.196. The van der Waals surface area contributed by atoms with Gasteiger partial charge in [0.1, 0.15) is 12.0 Å². The van der Waals surface area contributed by atoms with E-state index >= 15 is 0 Å². The van der Waals surface area contributed by atoms with Crippen LogP contribution in [-0.2, 0) is 20.5 Å². The second-order valence-electron chi connectivity index (χ2n) is 5.72. The molecule has 0 aliphatic carbocycles. The third-order valence-corrected chi connectivity index (χ3v) is 5.67. The molecule has 9 nitrogen and oxygen atoms in total. The van der Waals surface area contributed by atoms with Crippen LogP contribution in [0.2, 0.25) is 0 Å². The largest absolute Gasteiger partial charge is 0.385 e. The fourth-order valence-electron chi connectivity index (χ4n) is 2.59. The van der Waals surface area contributed by atoms with Crippen LogP contribution >= 0.6 is 24.0 Å². The zero-order valence-corrected chi connectivity index (χ0v) is 18.4. The molecule has 2 heterocycles. The molecule has 11 heteroatoms. The van der Waals surface area contributed by atoms with E-state index in [0.29, 0.717) is 45.0 Å². The first kappa shape index (κ1) is 23.1. The summed E-state index contributed by atoms with van der Waals surface area (Å²) in [4.78, 5) is 6.68. The molecule has 0 aromatic carbocycles. The predicted molar refractivity (Wildman–Crippen MR) is 110 cm³/mol. The van der Waals surface area contributed by atoms with Crippen LogP contribution < -0.4 is 5.32 Å². The van der Waals surface area contributed by atoms with E-state index in [0.717, 1.165) is 18.9 Å². The highest BCUT2D eigenvalue weighted by Gasteiger charge is 2.28. The van der Waals surface area contributed by atoms with Gasteiger partial charge in [-0.1, -0.05) is 5.16 Å². The summed E-state index contributed by atoms with van der Waals surface area (Å²) in [6.45, 7) is 6.22. The maximum atomic E-state index is 12.5. The molecule has 0 bridgehead atoms. The Balaban J connectivity index is 0.00000338. The summed E-state index contributed by atoms with van der Waals surface area (Å²) >= 11 is 0. The third kappa shape index (κ3) is 7.00. The van der Waals surface area contributed by atoms with Gasteiger partial charge < -0.3 is 19.5 Å². The molecule has 0 radical (unpaired) electrons. The van der Waals surface area contributed by atoms with Crippen molar-refractivity contribution in [3.8, 4) is 0 Å². The lowest BCUT2D eigenvalue weighted by Crippen LogP contribution is -2.53. The van der Waals surface area contributed by atoms with Crippen LogP contribution in [0.1, 0.15) is 19.0 Å². The van der Waals surface area contributed by atoms with Crippen LogP contribution in [0.5, 0.6) is 0 Å². The monoisotopic (exact) mass is 501 g/mol. The molecule has 1 aromatic rings. The molecule has 0 spiro atoms. The van der Waals surface area contributed by atoms with Gasteiger partial charge in [-0.05, 0) is 13.3 Å². The Labute approximate surface area is 172 Å². The van der Waals surface area contributed by atoms with Crippen molar-refractivity contribution in [3.05, 3.63) is 18.0 Å². The van der Waals surface area contributed by atoms with Gasteiger partial charge in [0.25, 0.3) is 0 Å². The second kappa shape index (κ2) is 11.7. The number of rotatable bonds is 8. The van der Waals surface area contributed by atoms with Crippen molar-refractivity contribution in [3.63, 3.8) is 0 Å². The number of aliphatic imine (C=N–C) groups is 1. The fraction of sp³-hybridized carbons (Fsp3) is 0.733. The number of methoxy groups -OCH3 is 1. The van der Waals surface area contributed by atoms with Crippen molar-refractivity contribution < 1.29 is 17.7 Å². The molecular weight excluding hydrogens is 473 g/mol. The van der Waals surface area contributed by atoms with Gasteiger partial charge in [0.15, 0.2) is 5.96 Å². The molecule has 1 aliphatic heterocycles. The van der Waals surface area contributed by atoms with E-state index in [1.807, 2.05) is 6.92 Å². The zero-order valence-electron chi connectivity index (χ0n) is 15.3. The first-order valence-corrected chi connectivity index (χ1v) is 10.1. The van der Waals surface area contributed by atoms with Crippen LogP contribution in [-0.4, -0.2) is 81.7 Å². The van der Waals surface area contributed by atoms with Gasteiger partial charge in [-0.25, -0.2) is 8.42 Å². The summed E-state index contributed by atoms with van der Waals surface area (Å²) in [5.41, 5.74) is 0.426. The first-order valence-electron chi connectivity index (χ1n) is 8.46. The lowest BCUT2D eigenvalue weighted by atomic mass is 10.4. The zero-order chi connectivity index (χ0) is 18.1. The van der Waals surface area contributed by atoms with Crippen LogP contribution in [0, 0.1) is 0 Å². The SMILES string of the molecule is CCNC(=NCCCOC)N1CCN(S(=O)(=O)Cc2ccon2)CC1.I. The molecule has 2 rings (SSSR count). The highest BCUT2D eigenvalue weighted by atomic mass is 127. The Morgan fingerprint density at radius 1 is 1.38 bits per heavy atom. The Kier molecular flexibility index (Phi) is 10.4. The van der Waals surface area contributed by atoms with Crippen molar-refractivity contribution in [1.82, 2.24) is 19.7 Å². The quantitative estimate of drug-likeness (QED) is 0.243. The van der Waals surface area contributed by atoms with Crippen molar-refractivity contribution in [2.75, 3.05) is 53.0 Å². The number of nitrogens with zero attached hydrogens (tertiary/aromatic N) is 4. The Hall–Kier alpha value is -0.920. The molecule has 1 fully saturated rings. The fourth-order valence-corrected chi connectivity index (χ4v) is 4.01. The summed E-state index contributed by atoms with van der Waals surface area (Å²) < 4.78 is 36.2. The number of ether oxygens (including phenoxy) is 1. The number of halogens is 1. The maximum absolute atomic E-state index is 12.5. The molecule has 0 saturated carbocycles. The predicted octanol–water partition coefficient (Wildman–Crippen LogP) is 0.742. The van der Waals surface area contributed by atoms with E-state index in [1.54, 1.807) is 13.2 Å². The molecule has 26 heavy (non-hydrogen) atoms. The van der Waals surface area contributed by atoms with Crippen LogP contribution in [0.4, 0.5) is 0 Å². The highest BCUT2D eigenvalue weighted by Crippen LogP contribution is 2.12. The number of aromatic nitrogens is 1. The average molecular weight is 501 g/mol. The second-order valence-corrected chi connectivity index (χ2v) is 7.68. The molecule has 1 aromatic heterocycles. The number of nitrogens with one attached hydrogen (secondary N) is 1. The van der Waals surface area contributed by atoms with E-state index in [1.165, 1.54) is 10.6 Å². The Bertz CT molecular complexity index is 630. The van der Waals surface area contributed by atoms with E-state index < -0.39 is 10.0 Å². The summed E-state index contributed by atoms with van der Waals surface area (Å²) in [6, 6.07) is 1.57. The first-order chi connectivity index (χ1) is 12.1. The van der Waals surface area contributed by atoms with E-state index in [2.05, 4.69) is 20.4 Å². The van der Waals surface area contributed by atoms with Crippen molar-refractivity contribution in [2.45, 2.75) is 19.1 Å². The third-order valence-electron chi connectivity index (χ3n) is 3.86. The van der Waals surface area contributed by atoms with Gasteiger partial charge >= 0.3 is 0 Å². The lowest BCUT2D eigenvalue weighted by Gasteiger charge is -2.35. The maximum Gasteiger partial charge on any atom is 0.220 e. The van der Waals surface area contributed by atoms with Crippen molar-refractivity contribution in [2.24, 2.45) is 4.99 Å². The Morgan fingerprint density at radius 2 is 2.12 bits per heavy atom. The minimum Gasteiger partial charge on any atom is -0.385 e. The normalized spacial score (nSPS) is 16.4. The number of guanidine groups is 1. The summed E-state index contributed by atoms with van der Waals surface area (Å²) in [5, 5.41) is 6.95. The van der Waals surface area contributed by atoms with Gasteiger partial charge in [-0.3, -0.25) is 4.99 Å². The summed E-state index contributed by atoms with van der Waals surface area (Å²) in [6.07, 6.45) is 2.24. The average Bonchev–Trinajstić information content (AvgIpc) is 3.10. The van der Waals surface area contributed by atoms with Crippen molar-refractivity contribution >= 4 is 40.0 Å². The van der Waals surface area contributed by atoms with Gasteiger partial charge in [-0.2, -0.15) is 4.31 Å². The standard InChI is InChI=1S/C15H27N5O4S.HI/c1-3-16-15(17-6-4-11-23-2)19-7-9-20(10-8-19)25(21,22)13-14-5-12-24-18-14;/h5,12H,3-4,6-11,13H2,1-2H3,(H,16,17);1H. The van der Waals surface area contributed by atoms with Crippen LogP contribution in [0.15, 0.2) is 21.8 Å². The minimum atomic E-state index is -3.38. The number of sulfonamides is 1. The summed E-state index contributed by atoms with van der Waals surface area (Å²) in [5.74, 6) is 0.696. The number of hydrogen-bond donors (Lipinski definition) is 1. The Morgan fingerprint density at radius 3 is 2.69 bits per heavy atom. The van der Waals surface area contributed by atoms with E-state index in [-0.39, 0.29) is 29.7 Å². The molecule has 1 aliphatic rings. The van der Waals surface area contributed by atoms with Crippen LogP contribution in [0.3, 0.4) is 0 Å². The van der Waals surface area contributed by atoms with Crippen molar-refractivity contribution in [1.29, 1.82) is 0 Å². The molecule has 0 atom stereocenters. The van der Waals surface area contributed by atoms with Gasteiger partial charge in [0, 0.05) is 59.1 Å². The number of hydrogen-bond acceptors (Lipinski definition) is 6. The topological polar surface area (TPSA) is 100 Å². The molecule has 150 valence electrons. The molecule has 0 amide bonds. The number of piperazine rings is 1. The highest BCUT2D eigenvalue weighted by molar-refractivity contribution is 14.0. The smallest absolute Gasteiger partial charge is 0.220 e. The van der Waals surface area contributed by atoms with Gasteiger partial charge in [0.05, 0.1) is 5.69 Å². The minimum absolute atomic E-state index is 0. The molecule has 1 saturated heterocycles. The molecule has 0 unspecified atom stereocenters. The summed E-state index contributed by atoms with van der Waals surface area (Å²) in [7, 11) is -1.71.